The molecule has 0 fully saturated rings. The molecule has 4 aromatic rings. The summed E-state index contributed by atoms with van der Waals surface area (Å²) in [5, 5.41) is 1.62. The van der Waals surface area contributed by atoms with Crippen molar-refractivity contribution >= 4 is 50.5 Å². The van der Waals surface area contributed by atoms with Gasteiger partial charge in [0.15, 0.2) is 24.8 Å². The van der Waals surface area contributed by atoms with Crippen LogP contribution in [0.3, 0.4) is 0 Å². The first-order valence-electron chi connectivity index (χ1n) is 8.58. The fourth-order valence-corrected chi connectivity index (χ4v) is 2.47. The second-order valence-electron chi connectivity index (χ2n) is 5.84. The van der Waals surface area contributed by atoms with E-state index in [1.807, 2.05) is 23.2 Å². The number of nitrogens with zero attached hydrogens (tertiary/aromatic N) is 6. The van der Waals surface area contributed by atoms with Crippen molar-refractivity contribution in [3.8, 4) is 11.1 Å². The van der Waals surface area contributed by atoms with E-state index in [0.29, 0.717) is 20.1 Å². The van der Waals surface area contributed by atoms with E-state index in [4.69, 9.17) is 0 Å². The Kier molecular flexibility index (Phi) is 14.5. The van der Waals surface area contributed by atoms with Gasteiger partial charge in [0.05, 0.1) is 0 Å². The molecule has 6 nitrogen and oxygen atoms in total. The van der Waals surface area contributed by atoms with Gasteiger partial charge in [0, 0.05) is 65.5 Å². The molecule has 4 heterocycles. The van der Waals surface area contributed by atoms with Gasteiger partial charge in [-0.25, -0.2) is 9.13 Å². The zero-order valence-electron chi connectivity index (χ0n) is 16.6. The van der Waals surface area contributed by atoms with E-state index < -0.39 is 0 Å². The topological polar surface area (TPSA) is 59.3 Å². The van der Waals surface area contributed by atoms with E-state index in [1.165, 1.54) is 35.9 Å². The summed E-state index contributed by atoms with van der Waals surface area (Å²) < 4.78 is 4.07. The van der Waals surface area contributed by atoms with Crippen molar-refractivity contribution in [3.05, 3.63) is 73.8 Å². The first-order valence-corrected chi connectivity index (χ1v) is 10.2. The standard InChI is InChI=1S/C12H14N2.2C4H4N2S2.CH4.Ni/c1-13-7-3-11(4-8-13)12-5-9-14(2)10-6-12;2*7-3-4(8)6-2-1-5-3;;/h3-10H,1-2H3;2*1-2H,(H,5,7)(H,6,8);1H4;/q+2;;;;/p-4. The van der Waals surface area contributed by atoms with E-state index in [-0.39, 0.29) is 23.9 Å². The summed E-state index contributed by atoms with van der Waals surface area (Å²) in [6, 6.07) is 8.48. The van der Waals surface area contributed by atoms with Crippen LogP contribution in [-0.4, -0.2) is 19.9 Å². The van der Waals surface area contributed by atoms with Crippen LogP contribution in [0.2, 0.25) is 0 Å². The summed E-state index contributed by atoms with van der Waals surface area (Å²) in [7, 11) is 4.05. The SMILES string of the molecule is C.C[n+]1ccc(-c2cc[n+](C)cc2)cc1.[Ni].[S-]c1nccnc1[S-].[S-]c1nccnc1[S-]. The van der Waals surface area contributed by atoms with Crippen LogP contribution in [0.15, 0.2) is 93.9 Å². The minimum absolute atomic E-state index is 0. The van der Waals surface area contributed by atoms with Gasteiger partial charge in [-0.05, 0) is 11.1 Å². The number of aryl methyl sites for hydroxylation is 2. The molecule has 0 spiro atoms. The molecule has 4 rings (SSSR count). The van der Waals surface area contributed by atoms with Crippen molar-refractivity contribution in [3.63, 3.8) is 0 Å². The molecule has 172 valence electrons. The Morgan fingerprint density at radius 3 is 0.938 bits per heavy atom. The molecule has 0 saturated heterocycles. The molecule has 0 saturated carbocycles. The molecular formula is C21H22N6NiS4-2. The van der Waals surface area contributed by atoms with Gasteiger partial charge in [-0.15, -0.1) is 0 Å². The van der Waals surface area contributed by atoms with Gasteiger partial charge in [0.25, 0.3) is 0 Å². The van der Waals surface area contributed by atoms with Crippen LogP contribution in [0.5, 0.6) is 0 Å². The molecule has 0 amide bonds. The predicted molar refractivity (Wildman–Crippen MR) is 128 cm³/mol. The molecule has 0 aromatic carbocycles. The van der Waals surface area contributed by atoms with Gasteiger partial charge in [-0.3, -0.25) is 19.9 Å². The maximum atomic E-state index is 4.68. The minimum Gasteiger partial charge on any atom is -0.760 e. The van der Waals surface area contributed by atoms with Crippen molar-refractivity contribution in [2.24, 2.45) is 14.1 Å². The summed E-state index contributed by atoms with van der Waals surface area (Å²) in [4.78, 5) is 14.9. The Bertz CT molecular complexity index is 937. The largest absolute Gasteiger partial charge is 0.760 e. The van der Waals surface area contributed by atoms with Crippen LogP contribution in [0.1, 0.15) is 7.43 Å². The van der Waals surface area contributed by atoms with Gasteiger partial charge >= 0.3 is 0 Å². The van der Waals surface area contributed by atoms with Crippen LogP contribution in [0, 0.1) is 0 Å². The molecule has 0 unspecified atom stereocenters. The first kappa shape index (κ1) is 29.8. The van der Waals surface area contributed by atoms with Crippen molar-refractivity contribution in [1.29, 1.82) is 0 Å². The summed E-state index contributed by atoms with van der Waals surface area (Å²) in [6.07, 6.45) is 14.3. The molecule has 0 aliphatic heterocycles. The molecule has 0 radical (unpaired) electrons. The maximum absolute atomic E-state index is 4.68. The Morgan fingerprint density at radius 1 is 0.531 bits per heavy atom. The molecule has 0 bridgehead atoms. The van der Waals surface area contributed by atoms with Crippen molar-refractivity contribution < 1.29 is 25.6 Å². The van der Waals surface area contributed by atoms with Crippen molar-refractivity contribution in [2.45, 2.75) is 27.5 Å². The Labute approximate surface area is 221 Å². The van der Waals surface area contributed by atoms with Gasteiger partial charge in [0.2, 0.25) is 0 Å². The zero-order valence-corrected chi connectivity index (χ0v) is 20.8. The number of hydrogen-bond acceptors (Lipinski definition) is 8. The van der Waals surface area contributed by atoms with E-state index >= 15 is 0 Å². The summed E-state index contributed by atoms with van der Waals surface area (Å²) >= 11 is 18.7. The third-order valence-electron chi connectivity index (χ3n) is 3.56. The normalized spacial score (nSPS) is 8.94. The Morgan fingerprint density at radius 2 is 0.750 bits per heavy atom. The van der Waals surface area contributed by atoms with Gasteiger partial charge in [0.1, 0.15) is 14.1 Å². The van der Waals surface area contributed by atoms with Gasteiger partial charge in [-0.1, -0.05) is 27.5 Å². The quantitative estimate of drug-likeness (QED) is 0.205. The molecular weight excluding hydrogens is 523 g/mol. The molecule has 4 aromatic heterocycles. The second kappa shape index (κ2) is 15.6. The molecule has 0 atom stereocenters. The Hall–Kier alpha value is -2.17. The van der Waals surface area contributed by atoms with E-state index in [1.54, 1.807) is 0 Å². The molecule has 0 N–H and O–H groups in total. The summed E-state index contributed by atoms with van der Waals surface area (Å²) in [5.74, 6) is 0. The molecule has 0 aliphatic carbocycles. The smallest absolute Gasteiger partial charge is 0.169 e. The second-order valence-corrected chi connectivity index (χ2v) is 7.38. The van der Waals surface area contributed by atoms with E-state index in [2.05, 4.69) is 120 Å². The minimum atomic E-state index is 0. The average Bonchev–Trinajstić information content (AvgIpc) is 2.75. The Balaban J connectivity index is 0.000000465. The third kappa shape index (κ3) is 10.4. The van der Waals surface area contributed by atoms with E-state index in [9.17, 15) is 0 Å². The summed E-state index contributed by atoms with van der Waals surface area (Å²) in [6.45, 7) is 0. The zero-order chi connectivity index (χ0) is 21.9. The molecule has 0 aliphatic rings. The fraction of sp³-hybridized carbons (Fsp3) is 0.143. The molecule has 11 heteroatoms. The summed E-state index contributed by atoms with van der Waals surface area (Å²) in [5.41, 5.74) is 2.51. The van der Waals surface area contributed by atoms with E-state index in [0.717, 1.165) is 0 Å². The average molecular weight is 545 g/mol. The first-order chi connectivity index (χ1) is 14.4. The monoisotopic (exact) mass is 544 g/mol. The molecule has 32 heavy (non-hydrogen) atoms. The van der Waals surface area contributed by atoms with Crippen LogP contribution >= 0.6 is 0 Å². The maximum Gasteiger partial charge on any atom is 0.169 e. The van der Waals surface area contributed by atoms with Gasteiger partial charge in [-0.2, -0.15) is 0 Å². The number of aromatic nitrogens is 6. The number of hydrogen-bond donors (Lipinski definition) is 0. The van der Waals surface area contributed by atoms with Crippen LogP contribution in [0.4, 0.5) is 0 Å². The van der Waals surface area contributed by atoms with Crippen molar-refractivity contribution in [2.75, 3.05) is 0 Å². The third-order valence-corrected chi connectivity index (χ3v) is 5.01. The van der Waals surface area contributed by atoms with Crippen LogP contribution in [0.25, 0.3) is 11.1 Å². The van der Waals surface area contributed by atoms with Crippen LogP contribution in [-0.2, 0) is 81.1 Å². The fourth-order valence-electron chi connectivity index (χ4n) is 2.01. The van der Waals surface area contributed by atoms with Gasteiger partial charge < -0.3 is 50.5 Å². The number of pyridine rings is 2. The van der Waals surface area contributed by atoms with Crippen LogP contribution < -0.4 is 9.13 Å². The number of rotatable bonds is 1. The van der Waals surface area contributed by atoms with Crippen molar-refractivity contribution in [1.82, 2.24) is 19.9 Å². The predicted octanol–water partition coefficient (Wildman–Crippen LogP) is 2.21.